The summed E-state index contributed by atoms with van der Waals surface area (Å²) in [5, 5.41) is 6.41. The number of halogens is 3. The molecule has 0 aliphatic rings. The molecular weight excluding hydrogens is 361 g/mol. The van der Waals surface area contributed by atoms with E-state index in [4.69, 9.17) is 9.57 Å². The highest BCUT2D eigenvalue weighted by Crippen LogP contribution is 2.31. The first kappa shape index (κ1) is 20.3. The Balaban J connectivity index is 2.26. The summed E-state index contributed by atoms with van der Waals surface area (Å²) in [4.78, 5) is 17.0. The van der Waals surface area contributed by atoms with E-state index >= 15 is 0 Å². The first-order valence-corrected chi connectivity index (χ1v) is 8.14. The predicted molar refractivity (Wildman–Crippen MR) is 94.4 cm³/mol. The van der Waals surface area contributed by atoms with E-state index in [1.54, 1.807) is 31.2 Å². The largest absolute Gasteiger partial charge is 0.489 e. The van der Waals surface area contributed by atoms with Gasteiger partial charge in [0.05, 0.1) is 5.56 Å². The van der Waals surface area contributed by atoms with Crippen molar-refractivity contribution < 1.29 is 27.5 Å². The van der Waals surface area contributed by atoms with Gasteiger partial charge in [0.15, 0.2) is 5.71 Å². The maximum Gasteiger partial charge on any atom is 0.416 e. The molecule has 0 aliphatic heterocycles. The van der Waals surface area contributed by atoms with Crippen LogP contribution in [-0.2, 0) is 22.4 Å². The Kier molecular flexibility index (Phi) is 6.81. The van der Waals surface area contributed by atoms with Crippen LogP contribution in [0.25, 0.3) is 0 Å². The van der Waals surface area contributed by atoms with E-state index in [0.29, 0.717) is 17.7 Å². The minimum absolute atomic E-state index is 0.0420. The average molecular weight is 380 g/mol. The van der Waals surface area contributed by atoms with Gasteiger partial charge in [0, 0.05) is 12.1 Å². The number of ether oxygens (including phenoxy) is 1. The third-order valence-corrected chi connectivity index (χ3v) is 3.56. The van der Waals surface area contributed by atoms with Crippen molar-refractivity contribution in [3.05, 3.63) is 65.2 Å². The normalized spacial score (nSPS) is 11.8. The molecule has 0 atom stereocenters. The van der Waals surface area contributed by atoms with Crippen LogP contribution in [0.1, 0.15) is 23.6 Å². The molecule has 1 amide bonds. The number of hydrogen-bond donors (Lipinski definition) is 1. The van der Waals surface area contributed by atoms with Gasteiger partial charge in [-0.1, -0.05) is 35.5 Å². The number of nitrogens with one attached hydrogen (secondary N) is 1. The third kappa shape index (κ3) is 5.47. The van der Waals surface area contributed by atoms with Gasteiger partial charge in [0.2, 0.25) is 0 Å². The molecule has 8 heteroatoms. The van der Waals surface area contributed by atoms with Gasteiger partial charge in [-0.3, -0.25) is 4.79 Å². The summed E-state index contributed by atoms with van der Waals surface area (Å²) in [7, 11) is 1.32. The Morgan fingerprint density at radius 1 is 1.15 bits per heavy atom. The minimum Gasteiger partial charge on any atom is -0.489 e. The molecule has 0 unspecified atom stereocenters. The molecule has 0 radical (unpaired) electrons. The van der Waals surface area contributed by atoms with E-state index in [0.717, 1.165) is 12.1 Å². The van der Waals surface area contributed by atoms with Crippen molar-refractivity contribution in [2.75, 3.05) is 13.7 Å². The summed E-state index contributed by atoms with van der Waals surface area (Å²) in [6.45, 7) is 2.13. The van der Waals surface area contributed by atoms with Crippen LogP contribution in [0.2, 0.25) is 0 Å². The Labute approximate surface area is 154 Å². The fourth-order valence-electron chi connectivity index (χ4n) is 2.35. The molecule has 0 spiro atoms. The molecule has 27 heavy (non-hydrogen) atoms. The zero-order chi connectivity index (χ0) is 19.9. The van der Waals surface area contributed by atoms with Gasteiger partial charge in [0.25, 0.3) is 5.91 Å². The Morgan fingerprint density at radius 2 is 1.89 bits per heavy atom. The van der Waals surface area contributed by atoms with Gasteiger partial charge in [-0.05, 0) is 30.7 Å². The quantitative estimate of drug-likeness (QED) is 0.588. The highest BCUT2D eigenvalue weighted by atomic mass is 19.4. The van der Waals surface area contributed by atoms with Crippen molar-refractivity contribution in [3.63, 3.8) is 0 Å². The molecule has 2 aromatic carbocycles. The molecule has 1 N–H and O–H groups in total. The van der Waals surface area contributed by atoms with Gasteiger partial charge in [-0.25, -0.2) is 0 Å². The van der Waals surface area contributed by atoms with Crippen LogP contribution in [0.15, 0.2) is 53.7 Å². The van der Waals surface area contributed by atoms with Crippen LogP contribution in [0.3, 0.4) is 0 Å². The van der Waals surface area contributed by atoms with Crippen molar-refractivity contribution >= 4 is 11.6 Å². The number of carbonyl (C=O) groups is 1. The van der Waals surface area contributed by atoms with Gasteiger partial charge in [0.1, 0.15) is 19.5 Å². The second kappa shape index (κ2) is 9.07. The number of benzene rings is 2. The van der Waals surface area contributed by atoms with Crippen LogP contribution < -0.4 is 10.1 Å². The average Bonchev–Trinajstić information content (AvgIpc) is 2.64. The molecular formula is C19H19F3N2O3. The zero-order valence-corrected chi connectivity index (χ0v) is 14.8. The number of hydrogen-bond acceptors (Lipinski definition) is 4. The Hall–Kier alpha value is -3.03. The first-order chi connectivity index (χ1) is 12.9. The maximum atomic E-state index is 12.8. The lowest BCUT2D eigenvalue weighted by Gasteiger charge is -2.13. The molecule has 144 valence electrons. The first-order valence-electron chi connectivity index (χ1n) is 8.14. The molecule has 0 bridgehead atoms. The predicted octanol–water partition coefficient (Wildman–Crippen LogP) is 3.77. The molecule has 0 aromatic heterocycles. The summed E-state index contributed by atoms with van der Waals surface area (Å²) in [5.74, 6) is -0.353. The second-order valence-corrected chi connectivity index (χ2v) is 5.45. The summed E-state index contributed by atoms with van der Waals surface area (Å²) < 4.78 is 44.0. The van der Waals surface area contributed by atoms with Crippen molar-refractivity contribution in [2.45, 2.75) is 19.7 Å². The van der Waals surface area contributed by atoms with Crippen LogP contribution in [0, 0.1) is 0 Å². The van der Waals surface area contributed by atoms with E-state index in [2.05, 4.69) is 10.5 Å². The standard InChI is InChI=1S/C19H19F3N2O3/c1-3-23-18(25)17(24-26-2)16-10-5-4-7-13(16)12-27-15-9-6-8-14(11-15)19(20,21)22/h4-11H,3,12H2,1-2H3,(H,23,25)/b24-17-. The fourth-order valence-corrected chi connectivity index (χ4v) is 2.35. The smallest absolute Gasteiger partial charge is 0.416 e. The molecule has 0 heterocycles. The molecule has 0 saturated carbocycles. The van der Waals surface area contributed by atoms with Crippen molar-refractivity contribution in [1.82, 2.24) is 5.32 Å². The number of oxime groups is 1. The summed E-state index contributed by atoms with van der Waals surface area (Å²) >= 11 is 0. The van der Waals surface area contributed by atoms with E-state index in [1.807, 2.05) is 0 Å². The topological polar surface area (TPSA) is 59.9 Å². The lowest BCUT2D eigenvalue weighted by atomic mass is 10.0. The van der Waals surface area contributed by atoms with Crippen LogP contribution >= 0.6 is 0 Å². The Bertz CT molecular complexity index is 820. The van der Waals surface area contributed by atoms with Crippen LogP contribution in [0.4, 0.5) is 13.2 Å². The Morgan fingerprint density at radius 3 is 2.56 bits per heavy atom. The fraction of sp³-hybridized carbons (Fsp3) is 0.263. The third-order valence-electron chi connectivity index (χ3n) is 3.56. The van der Waals surface area contributed by atoms with Gasteiger partial charge in [-0.15, -0.1) is 0 Å². The highest BCUT2D eigenvalue weighted by Gasteiger charge is 2.30. The van der Waals surface area contributed by atoms with Crippen LogP contribution in [-0.4, -0.2) is 25.3 Å². The van der Waals surface area contributed by atoms with E-state index in [1.165, 1.54) is 19.2 Å². The molecule has 5 nitrogen and oxygen atoms in total. The summed E-state index contributed by atoms with van der Waals surface area (Å²) in [6.07, 6.45) is -4.45. The van der Waals surface area contributed by atoms with Crippen LogP contribution in [0.5, 0.6) is 5.75 Å². The number of likely N-dealkylation sites (N-methyl/N-ethyl adjacent to an activating group) is 1. The highest BCUT2D eigenvalue weighted by molar-refractivity contribution is 6.45. The number of carbonyl (C=O) groups excluding carboxylic acids is 1. The van der Waals surface area contributed by atoms with E-state index in [9.17, 15) is 18.0 Å². The maximum absolute atomic E-state index is 12.8. The summed E-state index contributed by atoms with van der Waals surface area (Å²) in [5.41, 5.74) is 0.314. The lowest BCUT2D eigenvalue weighted by Crippen LogP contribution is -2.32. The molecule has 0 saturated heterocycles. The molecule has 0 fully saturated rings. The van der Waals surface area contributed by atoms with Crippen molar-refractivity contribution in [2.24, 2.45) is 5.16 Å². The molecule has 0 aliphatic carbocycles. The van der Waals surface area contributed by atoms with Crippen molar-refractivity contribution in [3.8, 4) is 5.75 Å². The van der Waals surface area contributed by atoms with Gasteiger partial charge in [-0.2, -0.15) is 13.2 Å². The zero-order valence-electron chi connectivity index (χ0n) is 14.8. The number of amides is 1. The van der Waals surface area contributed by atoms with Gasteiger partial charge >= 0.3 is 6.18 Å². The lowest BCUT2D eigenvalue weighted by molar-refractivity contribution is -0.137. The van der Waals surface area contributed by atoms with E-state index < -0.39 is 17.6 Å². The summed E-state index contributed by atoms with van der Waals surface area (Å²) in [6, 6.07) is 11.4. The minimum atomic E-state index is -4.45. The van der Waals surface area contributed by atoms with Crippen molar-refractivity contribution in [1.29, 1.82) is 0 Å². The molecule has 2 aromatic rings. The van der Waals surface area contributed by atoms with E-state index in [-0.39, 0.29) is 18.1 Å². The number of rotatable bonds is 7. The SMILES string of the molecule is CCNC(=O)/C(=N\OC)c1ccccc1COc1cccc(C(F)(F)F)c1. The number of alkyl halides is 3. The second-order valence-electron chi connectivity index (χ2n) is 5.45. The monoisotopic (exact) mass is 380 g/mol. The molecule has 2 rings (SSSR count). The van der Waals surface area contributed by atoms with Gasteiger partial charge < -0.3 is 14.9 Å². The number of nitrogens with zero attached hydrogens (tertiary/aromatic N) is 1.